The van der Waals surface area contributed by atoms with Gasteiger partial charge in [0.1, 0.15) is 3.74 Å². The van der Waals surface area contributed by atoms with Gasteiger partial charge in [-0.2, -0.15) is 0 Å². The van der Waals surface area contributed by atoms with E-state index in [1.54, 1.807) is 6.07 Å². The van der Waals surface area contributed by atoms with E-state index in [4.69, 9.17) is 0 Å². The van der Waals surface area contributed by atoms with E-state index in [1.165, 1.54) is 18.4 Å². The number of esters is 1. The first-order chi connectivity index (χ1) is 5.66. The van der Waals surface area contributed by atoms with Crippen LogP contribution in [0.25, 0.3) is 0 Å². The maximum absolute atomic E-state index is 11.1. The van der Waals surface area contributed by atoms with Crippen molar-refractivity contribution in [3.8, 4) is 0 Å². The Morgan fingerprint density at radius 1 is 1.67 bits per heavy atom. The third-order valence-electron chi connectivity index (χ3n) is 1.30. The highest BCUT2D eigenvalue weighted by atomic mass is 79.9. The number of ether oxygens (including phenoxy) is 1. The molecule has 0 unspecified atom stereocenters. The van der Waals surface area contributed by atoms with Crippen LogP contribution in [0.5, 0.6) is 0 Å². The monoisotopic (exact) mass is 312 g/mol. The Hall–Kier alpha value is 0.130. The third-order valence-corrected chi connectivity index (χ3v) is 3.80. The van der Waals surface area contributed by atoms with Crippen molar-refractivity contribution in [2.45, 2.75) is 3.74 Å². The van der Waals surface area contributed by atoms with Crippen LogP contribution in [0, 0.1) is 0 Å². The molecule has 0 amide bonds. The first kappa shape index (κ1) is 10.2. The summed E-state index contributed by atoms with van der Waals surface area (Å²) in [5, 5.41) is 1.86. The van der Waals surface area contributed by atoms with Crippen LogP contribution in [-0.4, -0.2) is 13.1 Å². The average molecular weight is 314 g/mol. The Morgan fingerprint density at radius 2 is 2.33 bits per heavy atom. The summed E-state index contributed by atoms with van der Waals surface area (Å²) in [6.45, 7) is 0. The zero-order valence-corrected chi connectivity index (χ0v) is 10.2. The Kier molecular flexibility index (Phi) is 3.74. The lowest BCUT2D eigenvalue weighted by atomic mass is 10.3. The van der Waals surface area contributed by atoms with E-state index in [0.717, 1.165) is 4.88 Å². The van der Waals surface area contributed by atoms with Gasteiger partial charge in [-0.25, -0.2) is 4.79 Å². The maximum Gasteiger partial charge on any atom is 0.339 e. The van der Waals surface area contributed by atoms with Crippen LogP contribution in [0.1, 0.15) is 19.0 Å². The molecule has 0 N–H and O–H groups in total. The number of methoxy groups -OCH3 is 1. The third kappa shape index (κ3) is 2.08. The van der Waals surface area contributed by atoms with Crippen molar-refractivity contribution in [3.05, 3.63) is 21.9 Å². The van der Waals surface area contributed by atoms with Crippen molar-refractivity contribution >= 4 is 49.2 Å². The minimum Gasteiger partial charge on any atom is -0.465 e. The first-order valence-corrected chi connectivity index (χ1v) is 5.81. The molecule has 0 aliphatic heterocycles. The molecule has 66 valence electrons. The van der Waals surface area contributed by atoms with Crippen molar-refractivity contribution in [1.82, 2.24) is 0 Å². The summed E-state index contributed by atoms with van der Waals surface area (Å²) >= 11 is 8.17. The van der Waals surface area contributed by atoms with E-state index in [9.17, 15) is 4.79 Å². The zero-order valence-electron chi connectivity index (χ0n) is 6.21. The predicted molar refractivity (Wildman–Crippen MR) is 56.3 cm³/mol. The second-order valence-corrected chi connectivity index (χ2v) is 6.00. The molecule has 1 heterocycles. The van der Waals surface area contributed by atoms with E-state index < -0.39 is 0 Å². The topological polar surface area (TPSA) is 26.3 Å². The largest absolute Gasteiger partial charge is 0.465 e. The molecule has 1 rings (SSSR count). The van der Waals surface area contributed by atoms with Crippen LogP contribution in [0.2, 0.25) is 0 Å². The molecule has 0 radical (unpaired) electrons. The van der Waals surface area contributed by atoms with Crippen molar-refractivity contribution in [1.29, 1.82) is 0 Å². The summed E-state index contributed by atoms with van der Waals surface area (Å²) in [6.07, 6.45) is 0. The van der Waals surface area contributed by atoms with Gasteiger partial charge in [0.2, 0.25) is 0 Å². The number of halogens is 2. The van der Waals surface area contributed by atoms with Crippen LogP contribution in [0.4, 0.5) is 0 Å². The van der Waals surface area contributed by atoms with Crippen molar-refractivity contribution < 1.29 is 9.53 Å². The molecule has 0 fully saturated rings. The lowest BCUT2D eigenvalue weighted by molar-refractivity contribution is 0.0600. The van der Waals surface area contributed by atoms with E-state index in [0.29, 0.717) is 5.56 Å². The molecule has 0 saturated heterocycles. The van der Waals surface area contributed by atoms with Gasteiger partial charge in [0.25, 0.3) is 0 Å². The quantitative estimate of drug-likeness (QED) is 0.618. The van der Waals surface area contributed by atoms with Gasteiger partial charge in [0.05, 0.1) is 12.7 Å². The van der Waals surface area contributed by atoms with Crippen molar-refractivity contribution in [3.63, 3.8) is 0 Å². The minimum absolute atomic E-state index is 0.0131. The Morgan fingerprint density at radius 3 is 2.83 bits per heavy atom. The summed E-state index contributed by atoms with van der Waals surface area (Å²) in [5.74, 6) is -0.296. The molecule has 0 aliphatic carbocycles. The number of rotatable bonds is 2. The summed E-state index contributed by atoms with van der Waals surface area (Å²) in [7, 11) is 1.38. The van der Waals surface area contributed by atoms with Crippen LogP contribution in [-0.2, 0) is 4.74 Å². The second-order valence-electron chi connectivity index (χ2n) is 1.99. The van der Waals surface area contributed by atoms with Gasteiger partial charge in [-0.15, -0.1) is 11.3 Å². The second kappa shape index (κ2) is 4.39. The van der Waals surface area contributed by atoms with Gasteiger partial charge < -0.3 is 4.74 Å². The molecule has 5 heteroatoms. The fourth-order valence-corrected chi connectivity index (χ4v) is 2.64. The maximum atomic E-state index is 11.1. The first-order valence-electron chi connectivity index (χ1n) is 3.10. The Labute approximate surface area is 91.2 Å². The summed E-state index contributed by atoms with van der Waals surface area (Å²) in [4.78, 5) is 12.1. The lowest BCUT2D eigenvalue weighted by Crippen LogP contribution is -2.01. The highest BCUT2D eigenvalue weighted by molar-refractivity contribution is 9.24. The van der Waals surface area contributed by atoms with E-state index in [1.807, 2.05) is 5.38 Å². The van der Waals surface area contributed by atoms with E-state index in [-0.39, 0.29) is 9.71 Å². The fraction of sp³-hybridized carbons (Fsp3) is 0.286. The smallest absolute Gasteiger partial charge is 0.339 e. The molecule has 1 aromatic rings. The highest BCUT2D eigenvalue weighted by Gasteiger charge is 2.16. The van der Waals surface area contributed by atoms with Crippen LogP contribution in [0.15, 0.2) is 11.4 Å². The van der Waals surface area contributed by atoms with Gasteiger partial charge in [-0.3, -0.25) is 0 Å². The van der Waals surface area contributed by atoms with Gasteiger partial charge in [0.15, 0.2) is 0 Å². The van der Waals surface area contributed by atoms with Crippen molar-refractivity contribution in [2.24, 2.45) is 0 Å². The van der Waals surface area contributed by atoms with Crippen molar-refractivity contribution in [2.75, 3.05) is 7.11 Å². The van der Waals surface area contributed by atoms with Crippen LogP contribution in [0.3, 0.4) is 0 Å². The van der Waals surface area contributed by atoms with Gasteiger partial charge in [-0.05, 0) is 11.4 Å². The number of thiophene rings is 1. The fourth-order valence-electron chi connectivity index (χ4n) is 0.769. The lowest BCUT2D eigenvalue weighted by Gasteiger charge is -2.01. The van der Waals surface area contributed by atoms with E-state index >= 15 is 0 Å². The summed E-state index contributed by atoms with van der Waals surface area (Å²) in [5.41, 5.74) is 0.612. The van der Waals surface area contributed by atoms with Gasteiger partial charge in [-0.1, -0.05) is 31.9 Å². The minimum atomic E-state index is -0.296. The van der Waals surface area contributed by atoms with E-state index in [2.05, 4.69) is 36.6 Å². The summed E-state index contributed by atoms with van der Waals surface area (Å²) < 4.78 is 4.62. The molecule has 0 spiro atoms. The van der Waals surface area contributed by atoms with Crippen LogP contribution < -0.4 is 0 Å². The summed E-state index contributed by atoms with van der Waals surface area (Å²) in [6, 6.07) is 1.75. The highest BCUT2D eigenvalue weighted by Crippen LogP contribution is 2.35. The molecule has 1 aromatic heterocycles. The standard InChI is InChI=1S/C7H6Br2O2S/c1-11-7(10)4-2-3-12-5(4)6(8)9/h2-3,6H,1H3. The Bertz CT molecular complexity index is 283. The number of alkyl halides is 2. The van der Waals surface area contributed by atoms with Gasteiger partial charge >= 0.3 is 5.97 Å². The molecule has 0 saturated carbocycles. The Balaban J connectivity index is 2.99. The van der Waals surface area contributed by atoms with Crippen LogP contribution >= 0.6 is 43.2 Å². The molecular formula is C7H6Br2O2S. The van der Waals surface area contributed by atoms with Gasteiger partial charge in [0, 0.05) is 4.88 Å². The molecule has 0 bridgehead atoms. The predicted octanol–water partition coefficient (Wildman–Crippen LogP) is 3.32. The molecule has 2 nitrogen and oxygen atoms in total. The number of carbonyl (C=O) groups is 1. The molecular weight excluding hydrogens is 308 g/mol. The molecule has 0 atom stereocenters. The number of hydrogen-bond donors (Lipinski definition) is 0. The molecule has 12 heavy (non-hydrogen) atoms. The SMILES string of the molecule is COC(=O)c1ccsc1C(Br)Br. The normalized spacial score (nSPS) is 10.3. The molecule has 0 aromatic carbocycles. The zero-order chi connectivity index (χ0) is 9.14. The average Bonchev–Trinajstić information content (AvgIpc) is 2.50. The molecule has 0 aliphatic rings. The number of carbonyl (C=O) groups excluding carboxylic acids is 1. The number of hydrogen-bond acceptors (Lipinski definition) is 3.